The summed E-state index contributed by atoms with van der Waals surface area (Å²) in [5.74, 6) is 1.41. The highest BCUT2D eigenvalue weighted by Crippen LogP contribution is 2.31. The Balaban J connectivity index is 2.55. The van der Waals surface area contributed by atoms with Crippen LogP contribution in [0.15, 0.2) is 24.3 Å². The Morgan fingerprint density at radius 2 is 2.11 bits per heavy atom. The van der Waals surface area contributed by atoms with E-state index in [0.717, 1.165) is 22.6 Å². The second-order valence-corrected chi connectivity index (χ2v) is 4.00. The third-order valence-corrected chi connectivity index (χ3v) is 2.83. The number of hydrogen-bond donors (Lipinski definition) is 1. The molecule has 0 spiro atoms. The van der Waals surface area contributed by atoms with Gasteiger partial charge in [0.15, 0.2) is 0 Å². The predicted molar refractivity (Wildman–Crippen MR) is 70.3 cm³/mol. The van der Waals surface area contributed by atoms with Crippen molar-refractivity contribution < 1.29 is 9.47 Å². The van der Waals surface area contributed by atoms with Gasteiger partial charge in [0.05, 0.1) is 19.4 Å². The fourth-order valence-corrected chi connectivity index (χ4v) is 1.90. The van der Waals surface area contributed by atoms with Crippen molar-refractivity contribution in [3.63, 3.8) is 0 Å². The Morgan fingerprint density at radius 3 is 2.67 bits per heavy atom. The molecule has 18 heavy (non-hydrogen) atoms. The number of methoxy groups -OCH3 is 2. The SMILES string of the molecule is COCc1c(OC)cccc1-c1cc(N)n(C)n1. The first-order valence-electron chi connectivity index (χ1n) is 5.62. The Morgan fingerprint density at radius 1 is 1.33 bits per heavy atom. The van der Waals surface area contributed by atoms with E-state index in [1.165, 1.54) is 0 Å². The lowest BCUT2D eigenvalue weighted by Crippen LogP contribution is -1.98. The zero-order valence-corrected chi connectivity index (χ0v) is 10.8. The summed E-state index contributed by atoms with van der Waals surface area (Å²) >= 11 is 0. The molecule has 1 aromatic carbocycles. The zero-order valence-electron chi connectivity index (χ0n) is 10.8. The van der Waals surface area contributed by atoms with Crippen LogP contribution in [0.1, 0.15) is 5.56 Å². The van der Waals surface area contributed by atoms with Gasteiger partial charge in [-0.2, -0.15) is 5.10 Å². The Labute approximate surface area is 106 Å². The number of hydrogen-bond acceptors (Lipinski definition) is 4. The van der Waals surface area contributed by atoms with Crippen LogP contribution in [0.5, 0.6) is 5.75 Å². The molecule has 0 amide bonds. The second-order valence-electron chi connectivity index (χ2n) is 4.00. The summed E-state index contributed by atoms with van der Waals surface area (Å²) in [6, 6.07) is 7.66. The maximum Gasteiger partial charge on any atom is 0.125 e. The molecular weight excluding hydrogens is 230 g/mol. The summed E-state index contributed by atoms with van der Waals surface area (Å²) < 4.78 is 12.2. The van der Waals surface area contributed by atoms with Crippen molar-refractivity contribution in [2.45, 2.75) is 6.61 Å². The first-order valence-corrected chi connectivity index (χ1v) is 5.62. The Kier molecular flexibility index (Phi) is 3.53. The average molecular weight is 247 g/mol. The molecule has 0 fully saturated rings. The van der Waals surface area contributed by atoms with Crippen LogP contribution in [0, 0.1) is 0 Å². The quantitative estimate of drug-likeness (QED) is 0.895. The van der Waals surface area contributed by atoms with Gasteiger partial charge in [0.25, 0.3) is 0 Å². The molecule has 0 saturated heterocycles. The van der Waals surface area contributed by atoms with Gasteiger partial charge in [-0.3, -0.25) is 4.68 Å². The van der Waals surface area contributed by atoms with Gasteiger partial charge < -0.3 is 15.2 Å². The molecule has 0 radical (unpaired) electrons. The maximum atomic E-state index is 5.81. The maximum absolute atomic E-state index is 5.81. The molecule has 0 aliphatic carbocycles. The van der Waals surface area contributed by atoms with E-state index in [9.17, 15) is 0 Å². The van der Waals surface area contributed by atoms with E-state index in [1.807, 2.05) is 31.3 Å². The van der Waals surface area contributed by atoms with E-state index in [2.05, 4.69) is 5.10 Å². The van der Waals surface area contributed by atoms with Crippen molar-refractivity contribution >= 4 is 5.82 Å². The Hall–Kier alpha value is -2.01. The third-order valence-electron chi connectivity index (χ3n) is 2.83. The molecule has 0 saturated carbocycles. The highest BCUT2D eigenvalue weighted by Gasteiger charge is 2.13. The number of aryl methyl sites for hydroxylation is 1. The van der Waals surface area contributed by atoms with Gasteiger partial charge >= 0.3 is 0 Å². The molecule has 96 valence electrons. The second kappa shape index (κ2) is 5.10. The lowest BCUT2D eigenvalue weighted by molar-refractivity contribution is 0.182. The van der Waals surface area contributed by atoms with E-state index in [1.54, 1.807) is 18.9 Å². The summed E-state index contributed by atoms with van der Waals surface area (Å²) in [5.41, 5.74) is 8.58. The van der Waals surface area contributed by atoms with Crippen molar-refractivity contribution in [2.75, 3.05) is 20.0 Å². The third kappa shape index (κ3) is 2.17. The number of rotatable bonds is 4. The van der Waals surface area contributed by atoms with Crippen LogP contribution in [0.25, 0.3) is 11.3 Å². The summed E-state index contributed by atoms with van der Waals surface area (Å²) in [7, 11) is 5.11. The topological polar surface area (TPSA) is 62.3 Å². The number of nitrogen functional groups attached to an aromatic ring is 1. The van der Waals surface area contributed by atoms with Crippen LogP contribution in [0.3, 0.4) is 0 Å². The first kappa shape index (κ1) is 12.4. The summed E-state index contributed by atoms with van der Waals surface area (Å²) in [6.07, 6.45) is 0. The largest absolute Gasteiger partial charge is 0.496 e. The lowest BCUT2D eigenvalue weighted by atomic mass is 10.0. The smallest absolute Gasteiger partial charge is 0.125 e. The zero-order chi connectivity index (χ0) is 13.1. The lowest BCUT2D eigenvalue weighted by Gasteiger charge is -2.11. The molecule has 0 unspecified atom stereocenters. The van der Waals surface area contributed by atoms with Crippen LogP contribution in [0.2, 0.25) is 0 Å². The van der Waals surface area contributed by atoms with Crippen LogP contribution in [-0.4, -0.2) is 24.0 Å². The van der Waals surface area contributed by atoms with Gasteiger partial charge in [0.1, 0.15) is 11.6 Å². The van der Waals surface area contributed by atoms with Crippen molar-refractivity contribution in [2.24, 2.45) is 7.05 Å². The number of nitrogens with zero attached hydrogens (tertiary/aromatic N) is 2. The molecule has 2 aromatic rings. The van der Waals surface area contributed by atoms with Crippen LogP contribution >= 0.6 is 0 Å². The molecule has 1 aromatic heterocycles. The average Bonchev–Trinajstić information content (AvgIpc) is 2.70. The molecular formula is C13H17N3O2. The monoisotopic (exact) mass is 247 g/mol. The molecule has 5 heteroatoms. The number of aromatic nitrogens is 2. The van der Waals surface area contributed by atoms with Gasteiger partial charge in [-0.25, -0.2) is 0 Å². The first-order chi connectivity index (χ1) is 8.67. The fraction of sp³-hybridized carbons (Fsp3) is 0.308. The molecule has 2 rings (SSSR count). The minimum Gasteiger partial charge on any atom is -0.496 e. The van der Waals surface area contributed by atoms with Gasteiger partial charge in [-0.15, -0.1) is 0 Å². The van der Waals surface area contributed by atoms with Gasteiger partial charge in [0, 0.05) is 31.4 Å². The van der Waals surface area contributed by atoms with Crippen LogP contribution in [-0.2, 0) is 18.4 Å². The highest BCUT2D eigenvalue weighted by molar-refractivity contribution is 5.68. The highest BCUT2D eigenvalue weighted by atomic mass is 16.5. The number of anilines is 1. The van der Waals surface area contributed by atoms with Gasteiger partial charge in [0.2, 0.25) is 0 Å². The Bertz CT molecular complexity index is 530. The van der Waals surface area contributed by atoms with Crippen LogP contribution in [0.4, 0.5) is 5.82 Å². The van der Waals surface area contributed by atoms with Crippen LogP contribution < -0.4 is 10.5 Å². The minimum atomic E-state index is 0.468. The number of nitrogens with two attached hydrogens (primary N) is 1. The summed E-state index contributed by atoms with van der Waals surface area (Å²) in [4.78, 5) is 0. The standard InChI is InChI=1S/C13H17N3O2/c1-16-13(14)7-11(15-16)9-5-4-6-12(18-3)10(9)8-17-2/h4-7H,8,14H2,1-3H3. The van der Waals surface area contributed by atoms with Crippen molar-refractivity contribution in [1.29, 1.82) is 0 Å². The normalized spacial score (nSPS) is 10.6. The van der Waals surface area contributed by atoms with E-state index in [0.29, 0.717) is 12.4 Å². The minimum absolute atomic E-state index is 0.468. The molecule has 1 heterocycles. The van der Waals surface area contributed by atoms with E-state index in [4.69, 9.17) is 15.2 Å². The van der Waals surface area contributed by atoms with E-state index >= 15 is 0 Å². The predicted octanol–water partition coefficient (Wildman–Crippen LogP) is 1.82. The van der Waals surface area contributed by atoms with E-state index in [-0.39, 0.29) is 0 Å². The van der Waals surface area contributed by atoms with Crippen molar-refractivity contribution in [3.05, 3.63) is 29.8 Å². The number of ether oxygens (including phenoxy) is 2. The summed E-state index contributed by atoms with van der Waals surface area (Å²) in [6.45, 7) is 0.468. The van der Waals surface area contributed by atoms with E-state index < -0.39 is 0 Å². The van der Waals surface area contributed by atoms with Crippen molar-refractivity contribution in [1.82, 2.24) is 9.78 Å². The molecule has 0 aliphatic heterocycles. The molecule has 0 aliphatic rings. The molecule has 0 atom stereocenters. The fourth-order valence-electron chi connectivity index (χ4n) is 1.90. The van der Waals surface area contributed by atoms with Gasteiger partial charge in [-0.1, -0.05) is 12.1 Å². The molecule has 5 nitrogen and oxygen atoms in total. The number of benzene rings is 1. The van der Waals surface area contributed by atoms with Crippen molar-refractivity contribution in [3.8, 4) is 17.0 Å². The molecule has 2 N–H and O–H groups in total. The van der Waals surface area contributed by atoms with Gasteiger partial charge in [-0.05, 0) is 6.07 Å². The molecule has 0 bridgehead atoms. The summed E-state index contributed by atoms with van der Waals surface area (Å²) in [5, 5.41) is 4.38.